The summed E-state index contributed by atoms with van der Waals surface area (Å²) in [6.07, 6.45) is 4.32. The monoisotopic (exact) mass is 314 g/mol. The molecule has 1 aromatic carbocycles. The van der Waals surface area contributed by atoms with Crippen molar-refractivity contribution in [3.63, 3.8) is 0 Å². The van der Waals surface area contributed by atoms with Crippen LogP contribution in [0.15, 0.2) is 36.5 Å². The zero-order valence-electron chi connectivity index (χ0n) is 12.6. The van der Waals surface area contributed by atoms with E-state index in [-0.39, 0.29) is 0 Å². The van der Waals surface area contributed by atoms with Gasteiger partial charge in [-0.2, -0.15) is 0 Å². The van der Waals surface area contributed by atoms with E-state index in [1.54, 1.807) is 0 Å². The molecule has 0 spiro atoms. The van der Waals surface area contributed by atoms with Gasteiger partial charge in [-0.3, -0.25) is 0 Å². The first kappa shape index (κ1) is 15.0. The van der Waals surface area contributed by atoms with Crippen LogP contribution in [0, 0.1) is 0 Å². The van der Waals surface area contributed by atoms with Crippen LogP contribution in [0.4, 0.5) is 0 Å². The van der Waals surface area contributed by atoms with Crippen LogP contribution in [-0.2, 0) is 6.54 Å². The minimum Gasteiger partial charge on any atom is -0.357 e. The molecule has 2 N–H and O–H groups in total. The Morgan fingerprint density at radius 3 is 2.77 bits per heavy atom. The first-order valence-corrected chi connectivity index (χ1v) is 7.97. The zero-order chi connectivity index (χ0) is 15.4. The smallest absolute Gasteiger partial charge is 0.161 e. The quantitative estimate of drug-likeness (QED) is 0.530. The largest absolute Gasteiger partial charge is 0.357 e. The van der Waals surface area contributed by atoms with Crippen LogP contribution in [0.2, 0.25) is 5.15 Å². The van der Waals surface area contributed by atoms with E-state index in [0.29, 0.717) is 11.0 Å². The maximum Gasteiger partial charge on any atom is 0.161 e. The summed E-state index contributed by atoms with van der Waals surface area (Å²) in [6.45, 7) is 3.97. The fourth-order valence-electron chi connectivity index (χ4n) is 2.40. The molecule has 0 aliphatic rings. The van der Waals surface area contributed by atoms with Gasteiger partial charge in [0.1, 0.15) is 5.52 Å². The Hall–Kier alpha value is -1.91. The summed E-state index contributed by atoms with van der Waals surface area (Å²) in [5, 5.41) is 3.90. The normalized spacial score (nSPS) is 11.2. The molecule has 3 rings (SSSR count). The zero-order valence-corrected chi connectivity index (χ0v) is 13.3. The average molecular weight is 315 g/mol. The van der Waals surface area contributed by atoms with Crippen molar-refractivity contribution in [3.05, 3.63) is 47.2 Å². The van der Waals surface area contributed by atoms with Crippen molar-refractivity contribution in [1.29, 1.82) is 0 Å². The van der Waals surface area contributed by atoms with Gasteiger partial charge in [0.25, 0.3) is 0 Å². The number of fused-ring (bicyclic) bond motifs is 1. The number of hydrogen-bond donors (Lipinski definition) is 2. The molecular formula is C17H19ClN4. The third-order valence-electron chi connectivity index (χ3n) is 3.61. The lowest BCUT2D eigenvalue weighted by molar-refractivity contribution is 0.643. The Bertz CT molecular complexity index is 752. The molecule has 2 aromatic heterocycles. The van der Waals surface area contributed by atoms with E-state index in [2.05, 4.69) is 22.2 Å². The number of benzene rings is 1. The summed E-state index contributed by atoms with van der Waals surface area (Å²) in [5.41, 5.74) is 3.78. The molecular weight excluding hydrogens is 296 g/mol. The molecule has 0 unspecified atom stereocenters. The van der Waals surface area contributed by atoms with Gasteiger partial charge in [-0.1, -0.05) is 55.3 Å². The Morgan fingerprint density at radius 2 is 2.00 bits per heavy atom. The van der Waals surface area contributed by atoms with Crippen LogP contribution in [0.3, 0.4) is 0 Å². The van der Waals surface area contributed by atoms with Gasteiger partial charge in [0.15, 0.2) is 11.0 Å². The number of nitrogens with one attached hydrogen (secondary N) is 2. The van der Waals surface area contributed by atoms with Gasteiger partial charge in [-0.25, -0.2) is 9.97 Å². The summed E-state index contributed by atoms with van der Waals surface area (Å²) in [5.74, 6) is 0.660. The summed E-state index contributed by atoms with van der Waals surface area (Å²) in [6, 6.07) is 9.90. The number of aromatic nitrogens is 3. The van der Waals surface area contributed by atoms with Crippen LogP contribution in [0.1, 0.15) is 25.3 Å². The molecule has 114 valence electrons. The number of halogens is 1. The lowest BCUT2D eigenvalue weighted by Crippen LogP contribution is -2.14. The van der Waals surface area contributed by atoms with Gasteiger partial charge in [-0.15, -0.1) is 0 Å². The minimum absolute atomic E-state index is 0.462. The van der Waals surface area contributed by atoms with Crippen molar-refractivity contribution in [2.24, 2.45) is 0 Å². The molecule has 0 amide bonds. The molecule has 3 aromatic rings. The highest BCUT2D eigenvalue weighted by Crippen LogP contribution is 2.26. The summed E-state index contributed by atoms with van der Waals surface area (Å²) < 4.78 is 0. The number of aromatic amines is 1. The highest BCUT2D eigenvalue weighted by molar-refractivity contribution is 6.33. The molecule has 0 saturated heterocycles. The molecule has 0 radical (unpaired) electrons. The van der Waals surface area contributed by atoms with E-state index < -0.39 is 0 Å². The highest BCUT2D eigenvalue weighted by Gasteiger charge is 2.12. The van der Waals surface area contributed by atoms with Crippen LogP contribution in [0.25, 0.3) is 22.4 Å². The molecule has 0 bridgehead atoms. The molecule has 4 nitrogen and oxygen atoms in total. The van der Waals surface area contributed by atoms with E-state index in [4.69, 9.17) is 16.6 Å². The van der Waals surface area contributed by atoms with Gasteiger partial charge in [-0.05, 0) is 13.0 Å². The standard InChI is InChI=1S/C17H19ClN4/c1-2-3-9-19-10-13-11-20-15-14(13)21-17(22-16(15)18)12-7-5-4-6-8-12/h4-8,11,19-20H,2-3,9-10H2,1H3. The topological polar surface area (TPSA) is 53.6 Å². The molecule has 0 fully saturated rings. The second kappa shape index (κ2) is 6.90. The van der Waals surface area contributed by atoms with Gasteiger partial charge < -0.3 is 10.3 Å². The number of unbranched alkanes of at least 4 members (excludes halogenated alkanes) is 1. The average Bonchev–Trinajstić information content (AvgIpc) is 2.96. The molecule has 0 saturated carbocycles. The van der Waals surface area contributed by atoms with Crippen LogP contribution < -0.4 is 5.32 Å². The maximum absolute atomic E-state index is 6.31. The molecule has 0 atom stereocenters. The fraction of sp³-hybridized carbons (Fsp3) is 0.294. The number of rotatable bonds is 6. The first-order valence-electron chi connectivity index (χ1n) is 7.59. The third kappa shape index (κ3) is 3.13. The first-order chi connectivity index (χ1) is 10.8. The second-order valence-corrected chi connectivity index (χ2v) is 5.63. The number of nitrogens with zero attached hydrogens (tertiary/aromatic N) is 2. The van der Waals surface area contributed by atoms with E-state index >= 15 is 0 Å². The van der Waals surface area contributed by atoms with Crippen LogP contribution in [-0.4, -0.2) is 21.5 Å². The Kier molecular flexibility index (Phi) is 4.71. The van der Waals surface area contributed by atoms with Crippen molar-refractivity contribution < 1.29 is 0 Å². The molecule has 2 heterocycles. The van der Waals surface area contributed by atoms with Gasteiger partial charge in [0.2, 0.25) is 0 Å². The van der Waals surface area contributed by atoms with Gasteiger partial charge in [0, 0.05) is 23.9 Å². The maximum atomic E-state index is 6.31. The predicted octanol–water partition coefficient (Wildman–Crippen LogP) is 4.17. The Morgan fingerprint density at radius 1 is 1.18 bits per heavy atom. The highest BCUT2D eigenvalue weighted by atomic mass is 35.5. The van der Waals surface area contributed by atoms with E-state index in [9.17, 15) is 0 Å². The van der Waals surface area contributed by atoms with Crippen molar-refractivity contribution in [3.8, 4) is 11.4 Å². The summed E-state index contributed by atoms with van der Waals surface area (Å²) >= 11 is 6.31. The minimum atomic E-state index is 0.462. The molecule has 0 aliphatic carbocycles. The summed E-state index contributed by atoms with van der Waals surface area (Å²) in [4.78, 5) is 12.3. The predicted molar refractivity (Wildman–Crippen MR) is 90.9 cm³/mol. The van der Waals surface area contributed by atoms with Crippen molar-refractivity contribution in [1.82, 2.24) is 20.3 Å². The van der Waals surface area contributed by atoms with Crippen molar-refractivity contribution >= 4 is 22.6 Å². The number of hydrogen-bond acceptors (Lipinski definition) is 3. The SMILES string of the molecule is CCCCNCc1c[nH]c2c(Cl)nc(-c3ccccc3)nc12. The molecule has 0 aliphatic heterocycles. The van der Waals surface area contributed by atoms with Gasteiger partial charge in [0.05, 0.1) is 5.52 Å². The van der Waals surface area contributed by atoms with E-state index in [1.165, 1.54) is 12.8 Å². The Balaban J connectivity index is 1.93. The van der Waals surface area contributed by atoms with Crippen LogP contribution in [0.5, 0.6) is 0 Å². The number of H-pyrrole nitrogens is 1. The van der Waals surface area contributed by atoms with Gasteiger partial charge >= 0.3 is 0 Å². The lowest BCUT2D eigenvalue weighted by Gasteiger charge is -2.04. The second-order valence-electron chi connectivity index (χ2n) is 5.27. The third-order valence-corrected chi connectivity index (χ3v) is 3.89. The van der Waals surface area contributed by atoms with Crippen LogP contribution >= 0.6 is 11.6 Å². The summed E-state index contributed by atoms with van der Waals surface area (Å²) in [7, 11) is 0. The van der Waals surface area contributed by atoms with E-state index in [0.717, 1.165) is 35.2 Å². The fourth-order valence-corrected chi connectivity index (χ4v) is 2.62. The Labute approximate surface area is 134 Å². The lowest BCUT2D eigenvalue weighted by atomic mass is 10.2. The van der Waals surface area contributed by atoms with Crippen molar-refractivity contribution in [2.45, 2.75) is 26.3 Å². The van der Waals surface area contributed by atoms with E-state index in [1.807, 2.05) is 36.5 Å². The van der Waals surface area contributed by atoms with Crippen molar-refractivity contribution in [2.75, 3.05) is 6.54 Å². The molecule has 5 heteroatoms. The molecule has 22 heavy (non-hydrogen) atoms.